The smallest absolute Gasteiger partial charge is 0.281 e. The SMILES string of the molecule is COc1cc(Br)c(C(=O)Cl)c(C(F)F)n1. The molecule has 1 aromatic rings. The van der Waals surface area contributed by atoms with E-state index in [2.05, 4.69) is 20.9 Å². The number of alkyl halides is 2. The quantitative estimate of drug-likeness (QED) is 0.805. The monoisotopic (exact) mass is 299 g/mol. The number of aromatic nitrogens is 1. The predicted molar refractivity (Wildman–Crippen MR) is 53.6 cm³/mol. The molecule has 0 aliphatic carbocycles. The van der Waals surface area contributed by atoms with Crippen LogP contribution >= 0.6 is 27.5 Å². The molecule has 1 heterocycles. The zero-order chi connectivity index (χ0) is 11.6. The molecule has 7 heteroatoms. The standard InChI is InChI=1S/C8H5BrClF2NO2/c1-15-4-2-3(9)5(7(10)14)6(13-4)8(11)12/h2,8H,1H3. The summed E-state index contributed by atoms with van der Waals surface area (Å²) in [6.45, 7) is 0. The molecule has 0 unspecified atom stereocenters. The van der Waals surface area contributed by atoms with Crippen molar-refractivity contribution in [1.29, 1.82) is 0 Å². The molecule has 0 N–H and O–H groups in total. The first-order valence-corrected chi connectivity index (χ1v) is 4.87. The van der Waals surface area contributed by atoms with Crippen LogP contribution < -0.4 is 4.74 Å². The van der Waals surface area contributed by atoms with E-state index in [0.717, 1.165) is 0 Å². The van der Waals surface area contributed by atoms with Gasteiger partial charge in [-0.15, -0.1) is 0 Å². The van der Waals surface area contributed by atoms with Crippen LogP contribution in [-0.4, -0.2) is 17.3 Å². The Morgan fingerprint density at radius 2 is 2.27 bits per heavy atom. The van der Waals surface area contributed by atoms with Crippen molar-refractivity contribution in [1.82, 2.24) is 4.98 Å². The number of carbonyl (C=O) groups excluding carboxylic acids is 1. The maximum absolute atomic E-state index is 12.5. The molecule has 0 aromatic carbocycles. The minimum absolute atomic E-state index is 0.0150. The van der Waals surface area contributed by atoms with Crippen molar-refractivity contribution >= 4 is 32.8 Å². The van der Waals surface area contributed by atoms with Crippen LogP contribution in [0.4, 0.5) is 8.78 Å². The highest BCUT2D eigenvalue weighted by Crippen LogP contribution is 2.31. The molecular formula is C8H5BrClF2NO2. The molecule has 0 fully saturated rings. The highest BCUT2D eigenvalue weighted by Gasteiger charge is 2.23. The number of pyridine rings is 1. The third-order valence-electron chi connectivity index (χ3n) is 1.59. The summed E-state index contributed by atoms with van der Waals surface area (Å²) in [6, 6.07) is 1.29. The van der Waals surface area contributed by atoms with Gasteiger partial charge >= 0.3 is 0 Å². The average molecular weight is 300 g/mol. The highest BCUT2D eigenvalue weighted by molar-refractivity contribution is 9.10. The van der Waals surface area contributed by atoms with E-state index in [-0.39, 0.29) is 15.9 Å². The topological polar surface area (TPSA) is 39.2 Å². The molecular weight excluding hydrogens is 295 g/mol. The Morgan fingerprint density at radius 3 is 2.67 bits per heavy atom. The molecule has 0 aliphatic heterocycles. The van der Waals surface area contributed by atoms with Crippen molar-refractivity contribution in [2.24, 2.45) is 0 Å². The predicted octanol–water partition coefficient (Wildman–Crippen LogP) is 3.17. The molecule has 3 nitrogen and oxygen atoms in total. The van der Waals surface area contributed by atoms with Crippen molar-refractivity contribution < 1.29 is 18.3 Å². The zero-order valence-corrected chi connectivity index (χ0v) is 9.77. The van der Waals surface area contributed by atoms with Gasteiger partial charge in [0.15, 0.2) is 0 Å². The molecule has 0 spiro atoms. The van der Waals surface area contributed by atoms with Gasteiger partial charge in [0.25, 0.3) is 11.7 Å². The van der Waals surface area contributed by atoms with Crippen LogP contribution in [0, 0.1) is 0 Å². The van der Waals surface area contributed by atoms with Crippen molar-refractivity contribution in [3.63, 3.8) is 0 Å². The number of rotatable bonds is 3. The fourth-order valence-corrected chi connectivity index (χ4v) is 1.86. The largest absolute Gasteiger partial charge is 0.481 e. The van der Waals surface area contributed by atoms with Gasteiger partial charge < -0.3 is 4.74 Å². The first-order chi connectivity index (χ1) is 6.97. The van der Waals surface area contributed by atoms with Gasteiger partial charge in [-0.2, -0.15) is 0 Å². The first-order valence-electron chi connectivity index (χ1n) is 3.69. The summed E-state index contributed by atoms with van der Waals surface area (Å²) in [5.74, 6) is -0.0150. The summed E-state index contributed by atoms with van der Waals surface area (Å²) in [6.07, 6.45) is -2.89. The molecule has 0 atom stereocenters. The van der Waals surface area contributed by atoms with Gasteiger partial charge in [0, 0.05) is 10.5 Å². The van der Waals surface area contributed by atoms with Crippen LogP contribution in [0.1, 0.15) is 22.5 Å². The third kappa shape index (κ3) is 2.63. The number of ether oxygens (including phenoxy) is 1. The Hall–Kier alpha value is -0.750. The van der Waals surface area contributed by atoms with E-state index in [1.165, 1.54) is 13.2 Å². The van der Waals surface area contributed by atoms with Gasteiger partial charge in [0.2, 0.25) is 5.88 Å². The van der Waals surface area contributed by atoms with E-state index < -0.39 is 17.4 Å². The van der Waals surface area contributed by atoms with Crippen molar-refractivity contribution in [3.05, 3.63) is 21.8 Å². The fourth-order valence-electron chi connectivity index (χ4n) is 0.967. The first kappa shape index (κ1) is 12.3. The number of carbonyl (C=O) groups is 1. The molecule has 0 radical (unpaired) electrons. The highest BCUT2D eigenvalue weighted by atomic mass is 79.9. The second kappa shape index (κ2) is 4.85. The minimum atomic E-state index is -2.89. The lowest BCUT2D eigenvalue weighted by Gasteiger charge is -2.08. The Kier molecular flexibility index (Phi) is 3.98. The molecule has 0 aliphatic rings. The summed E-state index contributed by atoms with van der Waals surface area (Å²) >= 11 is 8.12. The van der Waals surface area contributed by atoms with E-state index in [1.54, 1.807) is 0 Å². The molecule has 0 saturated carbocycles. The second-order valence-corrected chi connectivity index (χ2v) is 3.68. The van der Waals surface area contributed by atoms with Crippen LogP contribution in [0.2, 0.25) is 0 Å². The summed E-state index contributed by atoms with van der Waals surface area (Å²) in [7, 11) is 1.28. The lowest BCUT2D eigenvalue weighted by Crippen LogP contribution is -2.04. The van der Waals surface area contributed by atoms with Gasteiger partial charge in [-0.25, -0.2) is 13.8 Å². The van der Waals surface area contributed by atoms with E-state index in [1.807, 2.05) is 0 Å². The fraction of sp³-hybridized carbons (Fsp3) is 0.250. The van der Waals surface area contributed by atoms with Gasteiger partial charge in [-0.1, -0.05) is 0 Å². The molecule has 1 rings (SSSR count). The number of hydrogen-bond donors (Lipinski definition) is 0. The Bertz CT molecular complexity index is 400. The summed E-state index contributed by atoms with van der Waals surface area (Å²) in [4.78, 5) is 14.4. The Balaban J connectivity index is 3.42. The van der Waals surface area contributed by atoms with Crippen LogP contribution in [0.25, 0.3) is 0 Å². The van der Waals surface area contributed by atoms with Gasteiger partial charge in [-0.05, 0) is 27.5 Å². The summed E-state index contributed by atoms with van der Waals surface area (Å²) < 4.78 is 29.9. The minimum Gasteiger partial charge on any atom is -0.481 e. The summed E-state index contributed by atoms with van der Waals surface area (Å²) in [5, 5.41) is -0.993. The molecule has 15 heavy (non-hydrogen) atoms. The summed E-state index contributed by atoms with van der Waals surface area (Å²) in [5.41, 5.74) is -1.03. The van der Waals surface area contributed by atoms with E-state index in [4.69, 9.17) is 16.3 Å². The van der Waals surface area contributed by atoms with E-state index in [9.17, 15) is 13.6 Å². The zero-order valence-electron chi connectivity index (χ0n) is 7.43. The molecule has 0 saturated heterocycles. The van der Waals surface area contributed by atoms with Crippen LogP contribution in [0.5, 0.6) is 5.88 Å². The van der Waals surface area contributed by atoms with Gasteiger partial charge in [-0.3, -0.25) is 4.79 Å². The van der Waals surface area contributed by atoms with Crippen LogP contribution in [-0.2, 0) is 0 Å². The van der Waals surface area contributed by atoms with Crippen LogP contribution in [0.15, 0.2) is 10.5 Å². The molecule has 0 bridgehead atoms. The number of halogens is 4. The molecule has 1 aromatic heterocycles. The van der Waals surface area contributed by atoms with Gasteiger partial charge in [0.05, 0.1) is 12.7 Å². The van der Waals surface area contributed by atoms with Crippen molar-refractivity contribution in [2.75, 3.05) is 7.11 Å². The maximum Gasteiger partial charge on any atom is 0.281 e. The molecule has 82 valence electrons. The number of methoxy groups -OCH3 is 1. The number of nitrogens with zero attached hydrogens (tertiary/aromatic N) is 1. The van der Waals surface area contributed by atoms with Crippen molar-refractivity contribution in [3.8, 4) is 5.88 Å². The van der Waals surface area contributed by atoms with Crippen molar-refractivity contribution in [2.45, 2.75) is 6.43 Å². The third-order valence-corrected chi connectivity index (χ3v) is 2.40. The Morgan fingerprint density at radius 1 is 1.67 bits per heavy atom. The lowest BCUT2D eigenvalue weighted by molar-refractivity contribution is 0.106. The maximum atomic E-state index is 12.5. The molecule has 0 amide bonds. The van der Waals surface area contributed by atoms with E-state index >= 15 is 0 Å². The average Bonchev–Trinajstić information content (AvgIpc) is 2.15. The lowest BCUT2D eigenvalue weighted by atomic mass is 10.2. The van der Waals surface area contributed by atoms with Gasteiger partial charge in [0.1, 0.15) is 5.69 Å². The Labute approximate surface area is 97.5 Å². The van der Waals surface area contributed by atoms with E-state index in [0.29, 0.717) is 0 Å². The normalized spacial score (nSPS) is 10.5. The second-order valence-electron chi connectivity index (χ2n) is 2.48. The number of hydrogen-bond acceptors (Lipinski definition) is 3. The van der Waals surface area contributed by atoms with Crippen LogP contribution in [0.3, 0.4) is 0 Å².